The average molecular weight is 232 g/mol. The van der Waals surface area contributed by atoms with Gasteiger partial charge in [0, 0.05) is 11.8 Å². The lowest BCUT2D eigenvalue weighted by atomic mass is 10.1. The molecule has 4 nitrogen and oxygen atoms in total. The Bertz CT molecular complexity index is 584. The zero-order chi connectivity index (χ0) is 12.4. The molecule has 0 atom stereocenters. The van der Waals surface area contributed by atoms with Crippen molar-refractivity contribution in [1.82, 2.24) is 4.98 Å². The molecule has 1 amide bonds. The van der Waals surface area contributed by atoms with Crippen LogP contribution in [-0.4, -0.2) is 16.0 Å². The quantitative estimate of drug-likeness (QED) is 0.827. The molecular formula is C12H9FN2O2. The highest BCUT2D eigenvalue weighted by molar-refractivity contribution is 5.93. The van der Waals surface area contributed by atoms with Gasteiger partial charge in [-0.3, -0.25) is 4.79 Å². The van der Waals surface area contributed by atoms with E-state index in [9.17, 15) is 14.3 Å². The van der Waals surface area contributed by atoms with Crippen LogP contribution in [0.2, 0.25) is 0 Å². The number of pyridine rings is 1. The Hall–Kier alpha value is -2.43. The van der Waals surface area contributed by atoms with E-state index in [4.69, 9.17) is 5.73 Å². The van der Waals surface area contributed by atoms with Crippen molar-refractivity contribution in [2.75, 3.05) is 0 Å². The van der Waals surface area contributed by atoms with Crippen molar-refractivity contribution < 1.29 is 14.3 Å². The first-order chi connectivity index (χ1) is 8.08. The lowest BCUT2D eigenvalue weighted by molar-refractivity contribution is 0.0993. The summed E-state index contributed by atoms with van der Waals surface area (Å²) in [4.78, 5) is 14.6. The number of nitrogens with zero attached hydrogens (tertiary/aromatic N) is 1. The van der Waals surface area contributed by atoms with E-state index in [0.29, 0.717) is 11.1 Å². The van der Waals surface area contributed by atoms with Crippen LogP contribution in [0.15, 0.2) is 36.5 Å². The Balaban J connectivity index is 2.48. The standard InChI is InChI=1S/C12H9FN2O2/c13-9-3-1-2-7(4-9)8-5-10(16)11(12(14)17)15-6-8/h1-6,16H,(H2,14,17). The van der Waals surface area contributed by atoms with E-state index >= 15 is 0 Å². The van der Waals surface area contributed by atoms with Crippen molar-refractivity contribution in [3.05, 3.63) is 48.0 Å². The van der Waals surface area contributed by atoms with Crippen LogP contribution in [0.4, 0.5) is 4.39 Å². The molecule has 0 saturated carbocycles. The molecule has 2 rings (SSSR count). The zero-order valence-corrected chi connectivity index (χ0v) is 8.72. The molecule has 1 aromatic heterocycles. The number of aromatic nitrogens is 1. The molecule has 0 aliphatic heterocycles. The van der Waals surface area contributed by atoms with Gasteiger partial charge in [-0.25, -0.2) is 9.37 Å². The van der Waals surface area contributed by atoms with Crippen LogP contribution in [0.3, 0.4) is 0 Å². The highest BCUT2D eigenvalue weighted by Crippen LogP contribution is 2.24. The van der Waals surface area contributed by atoms with Gasteiger partial charge in [-0.2, -0.15) is 0 Å². The first-order valence-corrected chi connectivity index (χ1v) is 4.82. The third-order valence-electron chi connectivity index (χ3n) is 2.26. The van der Waals surface area contributed by atoms with Crippen LogP contribution < -0.4 is 5.73 Å². The summed E-state index contributed by atoms with van der Waals surface area (Å²) in [6, 6.07) is 7.16. The van der Waals surface area contributed by atoms with Crippen molar-refractivity contribution >= 4 is 5.91 Å². The minimum absolute atomic E-state index is 0.204. The van der Waals surface area contributed by atoms with Gasteiger partial charge in [0.25, 0.3) is 5.91 Å². The van der Waals surface area contributed by atoms with E-state index in [0.717, 1.165) is 0 Å². The molecule has 1 aromatic carbocycles. The van der Waals surface area contributed by atoms with Crippen LogP contribution >= 0.6 is 0 Å². The van der Waals surface area contributed by atoms with E-state index in [1.807, 2.05) is 0 Å². The number of halogens is 1. The molecule has 0 spiro atoms. The molecular weight excluding hydrogens is 223 g/mol. The Morgan fingerprint density at radius 2 is 2.06 bits per heavy atom. The fourth-order valence-electron chi connectivity index (χ4n) is 1.47. The second kappa shape index (κ2) is 4.21. The van der Waals surface area contributed by atoms with Gasteiger partial charge in [0.05, 0.1) is 0 Å². The zero-order valence-electron chi connectivity index (χ0n) is 8.72. The van der Waals surface area contributed by atoms with E-state index in [-0.39, 0.29) is 17.3 Å². The van der Waals surface area contributed by atoms with Crippen molar-refractivity contribution in [2.24, 2.45) is 5.73 Å². The number of amides is 1. The number of rotatable bonds is 2. The molecule has 0 aliphatic carbocycles. The topological polar surface area (TPSA) is 76.2 Å². The Morgan fingerprint density at radius 1 is 1.29 bits per heavy atom. The third kappa shape index (κ3) is 2.23. The van der Waals surface area contributed by atoms with Crippen LogP contribution in [-0.2, 0) is 0 Å². The van der Waals surface area contributed by atoms with E-state index < -0.39 is 5.91 Å². The van der Waals surface area contributed by atoms with Crippen LogP contribution in [0.1, 0.15) is 10.5 Å². The number of primary amides is 1. The average Bonchev–Trinajstić information content (AvgIpc) is 2.28. The first kappa shape index (κ1) is 11.1. The first-order valence-electron chi connectivity index (χ1n) is 4.82. The number of hydrogen-bond acceptors (Lipinski definition) is 3. The number of carbonyl (C=O) groups is 1. The van der Waals surface area contributed by atoms with E-state index in [1.54, 1.807) is 12.1 Å². The number of hydrogen-bond donors (Lipinski definition) is 2. The highest BCUT2D eigenvalue weighted by atomic mass is 19.1. The van der Waals surface area contributed by atoms with Gasteiger partial charge in [-0.05, 0) is 23.8 Å². The van der Waals surface area contributed by atoms with E-state index in [1.165, 1.54) is 24.4 Å². The summed E-state index contributed by atoms with van der Waals surface area (Å²) in [5.41, 5.74) is 5.87. The normalized spacial score (nSPS) is 10.2. The fourth-order valence-corrected chi connectivity index (χ4v) is 1.47. The SMILES string of the molecule is NC(=O)c1ncc(-c2cccc(F)c2)cc1O. The minimum atomic E-state index is -0.812. The van der Waals surface area contributed by atoms with Crippen LogP contribution in [0.5, 0.6) is 5.75 Å². The molecule has 0 fully saturated rings. The summed E-state index contributed by atoms with van der Waals surface area (Å²) in [5, 5.41) is 9.54. The molecule has 2 aromatic rings. The van der Waals surface area contributed by atoms with Gasteiger partial charge in [0.15, 0.2) is 5.69 Å². The van der Waals surface area contributed by atoms with Gasteiger partial charge in [-0.1, -0.05) is 12.1 Å². The van der Waals surface area contributed by atoms with Crippen LogP contribution in [0, 0.1) is 5.82 Å². The molecule has 0 radical (unpaired) electrons. The Morgan fingerprint density at radius 3 is 2.65 bits per heavy atom. The van der Waals surface area contributed by atoms with Crippen molar-refractivity contribution in [3.8, 4) is 16.9 Å². The maximum atomic E-state index is 13.0. The summed E-state index contributed by atoms with van der Waals surface area (Å²) >= 11 is 0. The third-order valence-corrected chi connectivity index (χ3v) is 2.26. The molecule has 17 heavy (non-hydrogen) atoms. The summed E-state index contributed by atoms with van der Waals surface area (Å²) in [6.07, 6.45) is 1.36. The van der Waals surface area contributed by atoms with Gasteiger partial charge >= 0.3 is 0 Å². The predicted octanol–water partition coefficient (Wildman–Crippen LogP) is 1.69. The molecule has 0 saturated heterocycles. The molecule has 5 heteroatoms. The van der Waals surface area contributed by atoms with Gasteiger partial charge < -0.3 is 10.8 Å². The van der Waals surface area contributed by atoms with Gasteiger partial charge in [-0.15, -0.1) is 0 Å². The predicted molar refractivity (Wildman–Crippen MR) is 59.8 cm³/mol. The van der Waals surface area contributed by atoms with Crippen LogP contribution in [0.25, 0.3) is 11.1 Å². The molecule has 0 aliphatic rings. The fraction of sp³-hybridized carbons (Fsp3) is 0. The lowest BCUT2D eigenvalue weighted by Gasteiger charge is -2.04. The second-order valence-corrected chi connectivity index (χ2v) is 3.47. The largest absolute Gasteiger partial charge is 0.505 e. The summed E-state index contributed by atoms with van der Waals surface area (Å²) in [5.74, 6) is -1.52. The van der Waals surface area contributed by atoms with E-state index in [2.05, 4.69) is 4.98 Å². The minimum Gasteiger partial charge on any atom is -0.505 e. The monoisotopic (exact) mass is 232 g/mol. The maximum Gasteiger partial charge on any atom is 0.271 e. The Kier molecular flexibility index (Phi) is 2.74. The number of nitrogens with two attached hydrogens (primary N) is 1. The summed E-state index contributed by atoms with van der Waals surface area (Å²) in [6.45, 7) is 0. The number of carbonyl (C=O) groups excluding carboxylic acids is 1. The molecule has 86 valence electrons. The second-order valence-electron chi connectivity index (χ2n) is 3.47. The maximum absolute atomic E-state index is 13.0. The highest BCUT2D eigenvalue weighted by Gasteiger charge is 2.10. The summed E-state index contributed by atoms with van der Waals surface area (Å²) in [7, 11) is 0. The molecule has 0 bridgehead atoms. The molecule has 3 N–H and O–H groups in total. The lowest BCUT2D eigenvalue weighted by Crippen LogP contribution is -2.13. The van der Waals surface area contributed by atoms with Crippen molar-refractivity contribution in [1.29, 1.82) is 0 Å². The molecule has 1 heterocycles. The number of benzene rings is 1. The Labute approximate surface area is 96.5 Å². The number of aromatic hydroxyl groups is 1. The van der Waals surface area contributed by atoms with Crippen molar-refractivity contribution in [2.45, 2.75) is 0 Å². The van der Waals surface area contributed by atoms with Crippen molar-refractivity contribution in [3.63, 3.8) is 0 Å². The van der Waals surface area contributed by atoms with Gasteiger partial charge in [0.2, 0.25) is 0 Å². The molecule has 0 unspecified atom stereocenters. The smallest absolute Gasteiger partial charge is 0.271 e. The van der Waals surface area contributed by atoms with Gasteiger partial charge in [0.1, 0.15) is 11.6 Å². The summed E-state index contributed by atoms with van der Waals surface area (Å²) < 4.78 is 13.0.